The second-order valence-corrected chi connectivity index (χ2v) is 8.21. The van der Waals surface area contributed by atoms with E-state index in [1.54, 1.807) is 41.1 Å². The molecule has 0 unspecified atom stereocenters. The van der Waals surface area contributed by atoms with E-state index in [9.17, 15) is 13.2 Å². The van der Waals surface area contributed by atoms with E-state index in [0.717, 1.165) is 11.1 Å². The molecule has 0 atom stereocenters. The van der Waals surface area contributed by atoms with Crippen molar-refractivity contribution in [1.82, 2.24) is 9.78 Å². The van der Waals surface area contributed by atoms with Crippen LogP contribution in [0.15, 0.2) is 78.9 Å². The molecule has 2 aromatic heterocycles. The average molecular weight is 423 g/mol. The Balaban J connectivity index is 1.67. The quantitative estimate of drug-likeness (QED) is 0.395. The van der Waals surface area contributed by atoms with E-state index in [4.69, 9.17) is 9.56 Å². The minimum Gasteiger partial charge on any atom is -0.423 e. The van der Waals surface area contributed by atoms with Gasteiger partial charge in [0.2, 0.25) is 10.0 Å². The zero-order chi connectivity index (χ0) is 21.5. The summed E-state index contributed by atoms with van der Waals surface area (Å²) in [5.41, 5.74) is 3.35. The third-order valence-corrected chi connectivity index (χ3v) is 5.46. The Morgan fingerprint density at radius 1 is 1.00 bits per heavy atom. The van der Waals surface area contributed by atoms with Crippen LogP contribution >= 0.6 is 0 Å². The Labute approximate surface area is 171 Å². The molecule has 0 spiro atoms. The van der Waals surface area contributed by atoms with Crippen LogP contribution in [0.3, 0.4) is 0 Å². The van der Waals surface area contributed by atoms with E-state index < -0.39 is 15.6 Å². The fourth-order valence-corrected chi connectivity index (χ4v) is 3.55. The summed E-state index contributed by atoms with van der Waals surface area (Å²) < 4.78 is 29.6. The first-order chi connectivity index (χ1) is 14.2. The minimum atomic E-state index is -3.76. The van der Waals surface area contributed by atoms with Crippen molar-refractivity contribution in [3.63, 3.8) is 0 Å². The maximum atomic E-state index is 11.4. The molecule has 152 valence electrons. The molecule has 4 aromatic rings. The predicted molar refractivity (Wildman–Crippen MR) is 111 cm³/mol. The summed E-state index contributed by atoms with van der Waals surface area (Å²) >= 11 is 0. The Morgan fingerprint density at radius 3 is 2.43 bits per heavy atom. The molecule has 2 N–H and O–H groups in total. The van der Waals surface area contributed by atoms with Gasteiger partial charge in [0.1, 0.15) is 11.3 Å². The third-order valence-electron chi connectivity index (χ3n) is 4.53. The monoisotopic (exact) mass is 423 g/mol. The smallest absolute Gasteiger partial charge is 0.336 e. The minimum absolute atomic E-state index is 0.0276. The van der Waals surface area contributed by atoms with Gasteiger partial charge >= 0.3 is 5.63 Å². The zero-order valence-electron chi connectivity index (χ0n) is 16.1. The Bertz CT molecular complexity index is 1450. The molecule has 10 heteroatoms. The number of hydrogen-bond acceptors (Lipinski definition) is 7. The number of rotatable bonds is 4. The number of nitrogens with two attached hydrogens (primary N) is 1. The number of benzene rings is 2. The highest BCUT2D eigenvalue weighted by Crippen LogP contribution is 2.29. The number of primary sulfonamides is 1. The molecule has 2 heterocycles. The van der Waals surface area contributed by atoms with Crippen LogP contribution in [-0.4, -0.2) is 18.2 Å². The maximum Gasteiger partial charge on any atom is 0.336 e. The highest BCUT2D eigenvalue weighted by atomic mass is 32.2. The summed E-state index contributed by atoms with van der Waals surface area (Å²) in [6.07, 6.45) is 0. The lowest BCUT2D eigenvalue weighted by Gasteiger charge is -2.05. The molecule has 0 fully saturated rings. The van der Waals surface area contributed by atoms with Crippen LogP contribution in [0.25, 0.3) is 16.7 Å². The van der Waals surface area contributed by atoms with E-state index >= 15 is 0 Å². The number of aryl methyl sites for hydroxylation is 1. The number of aromatic nitrogens is 2. The molecule has 0 aliphatic heterocycles. The maximum absolute atomic E-state index is 11.4. The molecule has 0 bridgehead atoms. The standard InChI is InChI=1S/C20H17N5O4S/c1-12-20(23-22-15-4-9-18-14(11-15)3-10-19(26)29-18)13(2)25(24-12)16-5-7-17(8-6-16)30(21,27)28/h3-11H,1-2H3,(H2,21,27,28). The van der Waals surface area contributed by atoms with Gasteiger partial charge in [-0.1, -0.05) is 0 Å². The molecular weight excluding hydrogens is 406 g/mol. The molecule has 0 aliphatic rings. The van der Waals surface area contributed by atoms with E-state index in [2.05, 4.69) is 15.3 Å². The predicted octanol–water partition coefficient (Wildman–Crippen LogP) is 3.66. The Kier molecular flexibility index (Phi) is 4.80. The third kappa shape index (κ3) is 3.78. The van der Waals surface area contributed by atoms with E-state index in [1.165, 1.54) is 18.2 Å². The summed E-state index contributed by atoms with van der Waals surface area (Å²) in [7, 11) is -3.76. The van der Waals surface area contributed by atoms with Crippen molar-refractivity contribution in [2.75, 3.05) is 0 Å². The molecule has 4 rings (SSSR count). The van der Waals surface area contributed by atoms with Crippen LogP contribution in [0.4, 0.5) is 11.4 Å². The van der Waals surface area contributed by atoms with Gasteiger partial charge in [-0.15, -0.1) is 5.11 Å². The van der Waals surface area contributed by atoms with Gasteiger partial charge in [-0.25, -0.2) is 23.0 Å². The molecule has 0 aliphatic carbocycles. The summed E-state index contributed by atoms with van der Waals surface area (Å²) in [6.45, 7) is 3.66. The lowest BCUT2D eigenvalue weighted by atomic mass is 10.2. The van der Waals surface area contributed by atoms with Crippen LogP contribution in [0.5, 0.6) is 0 Å². The van der Waals surface area contributed by atoms with Crippen molar-refractivity contribution in [2.24, 2.45) is 15.4 Å². The van der Waals surface area contributed by atoms with Gasteiger partial charge in [-0.3, -0.25) is 0 Å². The number of fused-ring (bicyclic) bond motifs is 1. The normalized spacial score (nSPS) is 12.1. The first kappa shape index (κ1) is 19.7. The second kappa shape index (κ2) is 7.32. The summed E-state index contributed by atoms with van der Waals surface area (Å²) in [5, 5.41) is 19.0. The van der Waals surface area contributed by atoms with Crippen LogP contribution in [-0.2, 0) is 10.0 Å². The first-order valence-electron chi connectivity index (χ1n) is 8.87. The van der Waals surface area contributed by atoms with E-state index in [0.29, 0.717) is 28.3 Å². The summed E-state index contributed by atoms with van der Waals surface area (Å²) in [6, 6.07) is 14.3. The summed E-state index contributed by atoms with van der Waals surface area (Å²) in [4.78, 5) is 11.3. The van der Waals surface area contributed by atoms with Gasteiger partial charge in [0.25, 0.3) is 0 Å². The van der Waals surface area contributed by atoms with Gasteiger partial charge in [-0.05, 0) is 62.4 Å². The second-order valence-electron chi connectivity index (χ2n) is 6.65. The number of sulfonamides is 1. The molecule has 2 aromatic carbocycles. The lowest BCUT2D eigenvalue weighted by molar-refractivity contribution is 0.561. The number of hydrogen-bond donors (Lipinski definition) is 1. The number of nitrogens with zero attached hydrogens (tertiary/aromatic N) is 4. The zero-order valence-corrected chi connectivity index (χ0v) is 16.9. The Morgan fingerprint density at radius 2 is 1.73 bits per heavy atom. The molecule has 0 radical (unpaired) electrons. The van der Waals surface area contributed by atoms with Crippen molar-refractivity contribution in [1.29, 1.82) is 0 Å². The van der Waals surface area contributed by atoms with Crippen LogP contribution in [0, 0.1) is 13.8 Å². The molecule has 0 amide bonds. The van der Waals surface area contributed by atoms with Gasteiger partial charge in [0.05, 0.1) is 27.7 Å². The molecule has 9 nitrogen and oxygen atoms in total. The molecule has 0 saturated carbocycles. The van der Waals surface area contributed by atoms with Gasteiger partial charge < -0.3 is 4.42 Å². The first-order valence-corrected chi connectivity index (χ1v) is 10.4. The SMILES string of the molecule is Cc1nn(-c2ccc(S(N)(=O)=O)cc2)c(C)c1N=Nc1ccc2oc(=O)ccc2c1. The van der Waals surface area contributed by atoms with Gasteiger partial charge in [-0.2, -0.15) is 10.2 Å². The van der Waals surface area contributed by atoms with Crippen molar-refractivity contribution in [2.45, 2.75) is 18.7 Å². The van der Waals surface area contributed by atoms with Crippen molar-refractivity contribution in [3.8, 4) is 5.69 Å². The molecule has 30 heavy (non-hydrogen) atoms. The van der Waals surface area contributed by atoms with Gasteiger partial charge in [0.15, 0.2) is 0 Å². The topological polar surface area (TPSA) is 133 Å². The van der Waals surface area contributed by atoms with Crippen LogP contribution in [0.2, 0.25) is 0 Å². The number of azo groups is 1. The largest absolute Gasteiger partial charge is 0.423 e. The highest BCUT2D eigenvalue weighted by Gasteiger charge is 2.14. The highest BCUT2D eigenvalue weighted by molar-refractivity contribution is 7.89. The van der Waals surface area contributed by atoms with Crippen molar-refractivity contribution < 1.29 is 12.8 Å². The van der Waals surface area contributed by atoms with Crippen LogP contribution in [0.1, 0.15) is 11.4 Å². The van der Waals surface area contributed by atoms with Crippen molar-refractivity contribution in [3.05, 3.63) is 76.4 Å². The lowest BCUT2D eigenvalue weighted by Crippen LogP contribution is -2.12. The summed E-state index contributed by atoms with van der Waals surface area (Å²) in [5.74, 6) is 0. The van der Waals surface area contributed by atoms with E-state index in [1.807, 2.05) is 13.8 Å². The van der Waals surface area contributed by atoms with E-state index in [-0.39, 0.29) is 4.90 Å². The fourth-order valence-electron chi connectivity index (χ4n) is 3.04. The molecular formula is C20H17N5O4S. The molecule has 0 saturated heterocycles. The van der Waals surface area contributed by atoms with Crippen LogP contribution < -0.4 is 10.8 Å². The average Bonchev–Trinajstić information content (AvgIpc) is 2.99. The Hall–Kier alpha value is -3.63. The van der Waals surface area contributed by atoms with Crippen molar-refractivity contribution >= 4 is 32.4 Å². The fraction of sp³-hybridized carbons (Fsp3) is 0.100. The van der Waals surface area contributed by atoms with Gasteiger partial charge in [0, 0.05) is 11.5 Å².